The van der Waals surface area contributed by atoms with E-state index >= 15 is 0 Å². The van der Waals surface area contributed by atoms with Crippen LogP contribution in [0.3, 0.4) is 0 Å². The second-order valence-electron chi connectivity index (χ2n) is 7.11. The third kappa shape index (κ3) is 3.04. The third-order valence-corrected chi connectivity index (χ3v) is 5.25. The third-order valence-electron chi connectivity index (χ3n) is 5.25. The number of nitrogens with one attached hydrogen (secondary N) is 2. The lowest BCUT2D eigenvalue weighted by Gasteiger charge is -2.09. The first-order valence-corrected chi connectivity index (χ1v) is 9.55. The molecule has 0 aliphatic heterocycles. The van der Waals surface area contributed by atoms with E-state index in [-0.39, 0.29) is 10.9 Å². The highest BCUT2D eigenvalue weighted by molar-refractivity contribution is 6.08. The standard InChI is InChI=1S/C22H16F2N6O2/c1-30-17-8-15(23)19(20(24)13(17)10-26-30)22(31)27-11-3-4-16-12(7-11)21(29-28-16)14-9-25-6-5-18(14)32-2/h3-10H,1-2H3,(H,27,31)(H,28,29). The molecule has 5 rings (SSSR count). The molecule has 8 nitrogen and oxygen atoms in total. The molecule has 0 atom stereocenters. The summed E-state index contributed by atoms with van der Waals surface area (Å²) in [6.07, 6.45) is 4.48. The van der Waals surface area contributed by atoms with Crippen LogP contribution in [0.15, 0.2) is 48.9 Å². The number of aryl methyl sites for hydroxylation is 1. The lowest BCUT2D eigenvalue weighted by atomic mass is 10.1. The fourth-order valence-corrected chi connectivity index (χ4v) is 3.66. The van der Waals surface area contributed by atoms with E-state index in [1.807, 2.05) is 0 Å². The van der Waals surface area contributed by atoms with Crippen LogP contribution in [0.5, 0.6) is 5.75 Å². The first-order valence-electron chi connectivity index (χ1n) is 9.55. The number of halogens is 2. The average Bonchev–Trinajstić information content (AvgIpc) is 3.37. The molecule has 160 valence electrons. The van der Waals surface area contributed by atoms with Crippen LogP contribution in [0.2, 0.25) is 0 Å². The van der Waals surface area contributed by atoms with Gasteiger partial charge in [0, 0.05) is 36.6 Å². The summed E-state index contributed by atoms with van der Waals surface area (Å²) in [5, 5.41) is 14.5. The zero-order valence-electron chi connectivity index (χ0n) is 17.0. The molecular weight excluding hydrogens is 418 g/mol. The molecule has 0 saturated heterocycles. The second kappa shape index (κ2) is 7.41. The number of hydrogen-bond acceptors (Lipinski definition) is 5. The van der Waals surface area contributed by atoms with Crippen molar-refractivity contribution in [3.8, 4) is 17.0 Å². The van der Waals surface area contributed by atoms with Crippen LogP contribution in [0.1, 0.15) is 10.4 Å². The van der Waals surface area contributed by atoms with E-state index in [4.69, 9.17) is 4.74 Å². The first-order chi connectivity index (χ1) is 15.5. The molecule has 3 heterocycles. The summed E-state index contributed by atoms with van der Waals surface area (Å²) in [4.78, 5) is 16.9. The summed E-state index contributed by atoms with van der Waals surface area (Å²) in [7, 11) is 3.11. The van der Waals surface area contributed by atoms with Gasteiger partial charge in [-0.15, -0.1) is 0 Å². The van der Waals surface area contributed by atoms with Gasteiger partial charge in [-0.3, -0.25) is 19.6 Å². The van der Waals surface area contributed by atoms with Crippen LogP contribution < -0.4 is 10.1 Å². The molecule has 0 spiro atoms. The number of hydrogen-bond donors (Lipinski definition) is 2. The number of carbonyl (C=O) groups excluding carboxylic acids is 1. The second-order valence-corrected chi connectivity index (χ2v) is 7.11. The predicted molar refractivity (Wildman–Crippen MR) is 114 cm³/mol. The maximum absolute atomic E-state index is 14.9. The van der Waals surface area contributed by atoms with Crippen LogP contribution in [0.25, 0.3) is 33.1 Å². The van der Waals surface area contributed by atoms with Crippen LogP contribution >= 0.6 is 0 Å². The Bertz CT molecular complexity index is 1510. The lowest BCUT2D eigenvalue weighted by molar-refractivity contribution is 0.101. The van der Waals surface area contributed by atoms with Crippen LogP contribution in [-0.2, 0) is 7.05 Å². The number of anilines is 1. The number of amides is 1. The largest absolute Gasteiger partial charge is 0.496 e. The Morgan fingerprint density at radius 1 is 1.16 bits per heavy atom. The Labute approximate surface area is 179 Å². The van der Waals surface area contributed by atoms with E-state index < -0.39 is 23.1 Å². The van der Waals surface area contributed by atoms with Gasteiger partial charge in [-0.05, 0) is 24.3 Å². The Kier molecular flexibility index (Phi) is 4.54. The first kappa shape index (κ1) is 19.6. The summed E-state index contributed by atoms with van der Waals surface area (Å²) in [5.41, 5.74) is 1.86. The average molecular weight is 434 g/mol. The number of benzene rings is 2. The predicted octanol–water partition coefficient (Wildman–Crippen LogP) is 4.05. The Morgan fingerprint density at radius 2 is 2.00 bits per heavy atom. The molecule has 5 aromatic rings. The van der Waals surface area contributed by atoms with Crippen molar-refractivity contribution in [1.29, 1.82) is 0 Å². The summed E-state index contributed by atoms with van der Waals surface area (Å²) in [5.74, 6) is -2.26. The van der Waals surface area contributed by atoms with Gasteiger partial charge in [0.25, 0.3) is 5.91 Å². The van der Waals surface area contributed by atoms with Crippen molar-refractivity contribution in [2.75, 3.05) is 12.4 Å². The molecule has 2 aromatic carbocycles. The molecule has 2 N–H and O–H groups in total. The molecule has 0 saturated carbocycles. The fourth-order valence-electron chi connectivity index (χ4n) is 3.66. The zero-order valence-corrected chi connectivity index (χ0v) is 17.0. The molecule has 3 aromatic heterocycles. The summed E-state index contributed by atoms with van der Waals surface area (Å²) in [6, 6.07) is 7.79. The van der Waals surface area contributed by atoms with Gasteiger partial charge in [-0.2, -0.15) is 10.2 Å². The number of H-pyrrole nitrogens is 1. The molecule has 0 fully saturated rings. The maximum Gasteiger partial charge on any atom is 0.261 e. The highest BCUT2D eigenvalue weighted by atomic mass is 19.1. The van der Waals surface area contributed by atoms with Gasteiger partial charge in [0.1, 0.15) is 28.6 Å². The van der Waals surface area contributed by atoms with E-state index in [0.29, 0.717) is 33.6 Å². The number of aromatic nitrogens is 5. The summed E-state index contributed by atoms with van der Waals surface area (Å²) >= 11 is 0. The van der Waals surface area contributed by atoms with Gasteiger partial charge in [-0.25, -0.2) is 8.78 Å². The van der Waals surface area contributed by atoms with Gasteiger partial charge in [-0.1, -0.05) is 0 Å². The van der Waals surface area contributed by atoms with Gasteiger partial charge in [0.2, 0.25) is 0 Å². The van der Waals surface area contributed by atoms with E-state index in [0.717, 1.165) is 6.07 Å². The maximum atomic E-state index is 14.9. The van der Waals surface area contributed by atoms with Gasteiger partial charge >= 0.3 is 0 Å². The quantitative estimate of drug-likeness (QED) is 0.445. The molecule has 0 bridgehead atoms. The van der Waals surface area contributed by atoms with E-state index in [1.54, 1.807) is 50.8 Å². The monoisotopic (exact) mass is 434 g/mol. The number of aromatic amines is 1. The molecule has 10 heteroatoms. The Morgan fingerprint density at radius 3 is 2.81 bits per heavy atom. The number of rotatable bonds is 4. The fraction of sp³-hybridized carbons (Fsp3) is 0.0909. The van der Waals surface area contributed by atoms with Crippen molar-refractivity contribution in [3.63, 3.8) is 0 Å². The van der Waals surface area contributed by atoms with E-state index in [9.17, 15) is 13.6 Å². The van der Waals surface area contributed by atoms with Crippen molar-refractivity contribution in [3.05, 3.63) is 66.1 Å². The Balaban J connectivity index is 1.54. The molecule has 0 aliphatic rings. The summed E-state index contributed by atoms with van der Waals surface area (Å²) < 4.78 is 36.2. The van der Waals surface area contributed by atoms with Crippen molar-refractivity contribution in [2.24, 2.45) is 7.05 Å². The molecule has 32 heavy (non-hydrogen) atoms. The molecular formula is C22H16F2N6O2. The molecule has 1 amide bonds. The van der Waals surface area contributed by atoms with Crippen molar-refractivity contribution in [2.45, 2.75) is 0 Å². The summed E-state index contributed by atoms with van der Waals surface area (Å²) in [6.45, 7) is 0. The van der Waals surface area contributed by atoms with Gasteiger partial charge < -0.3 is 10.1 Å². The minimum absolute atomic E-state index is 0.0651. The zero-order chi connectivity index (χ0) is 22.4. The highest BCUT2D eigenvalue weighted by Crippen LogP contribution is 2.34. The number of nitrogens with zero attached hydrogens (tertiary/aromatic N) is 4. The SMILES string of the molecule is COc1ccncc1-c1n[nH]c2ccc(NC(=O)c3c(F)cc4c(cnn4C)c3F)cc12. The molecule has 0 radical (unpaired) electrons. The van der Waals surface area contributed by atoms with E-state index in [1.165, 1.54) is 10.9 Å². The van der Waals surface area contributed by atoms with Crippen LogP contribution in [-0.4, -0.2) is 38.0 Å². The van der Waals surface area contributed by atoms with E-state index in [2.05, 4.69) is 25.6 Å². The normalized spacial score (nSPS) is 11.2. The van der Waals surface area contributed by atoms with Crippen molar-refractivity contribution < 1.29 is 18.3 Å². The van der Waals surface area contributed by atoms with Crippen LogP contribution in [0.4, 0.5) is 14.5 Å². The number of methoxy groups -OCH3 is 1. The molecule has 0 unspecified atom stereocenters. The van der Waals surface area contributed by atoms with Crippen molar-refractivity contribution in [1.82, 2.24) is 25.0 Å². The van der Waals surface area contributed by atoms with Crippen molar-refractivity contribution >= 4 is 33.4 Å². The number of fused-ring (bicyclic) bond motifs is 2. The minimum Gasteiger partial charge on any atom is -0.496 e. The van der Waals surface area contributed by atoms with Crippen LogP contribution in [0, 0.1) is 11.6 Å². The molecule has 0 aliphatic carbocycles. The minimum atomic E-state index is -0.971. The number of carbonyl (C=O) groups is 1. The Hall–Kier alpha value is -4.34. The topological polar surface area (TPSA) is 97.7 Å². The number of pyridine rings is 1. The van der Waals surface area contributed by atoms with Gasteiger partial charge in [0.15, 0.2) is 0 Å². The number of ether oxygens (including phenoxy) is 1. The lowest BCUT2D eigenvalue weighted by Crippen LogP contribution is -2.16. The van der Waals surface area contributed by atoms with Gasteiger partial charge in [0.05, 0.1) is 35.3 Å². The highest BCUT2D eigenvalue weighted by Gasteiger charge is 2.23. The smallest absolute Gasteiger partial charge is 0.261 e.